The van der Waals surface area contributed by atoms with Crippen LogP contribution in [0.15, 0.2) is 47.5 Å². The van der Waals surface area contributed by atoms with Gasteiger partial charge in [-0.1, -0.05) is 51.5 Å². The zero-order valence-corrected chi connectivity index (χ0v) is 19.7. The van der Waals surface area contributed by atoms with Gasteiger partial charge in [-0.2, -0.15) is 5.21 Å². The minimum Gasteiger partial charge on any atom is -0.296 e. The lowest BCUT2D eigenvalue weighted by molar-refractivity contribution is 0.497. The minimum absolute atomic E-state index is 0.0861. The molecule has 0 aliphatic carbocycles. The van der Waals surface area contributed by atoms with Gasteiger partial charge in [-0.05, 0) is 48.1 Å². The molecule has 0 spiro atoms. The fraction of sp³-hybridized carbons (Fsp3) is 0.400. The van der Waals surface area contributed by atoms with Crippen molar-refractivity contribution >= 4 is 0 Å². The quantitative estimate of drug-likeness (QED) is 0.416. The lowest BCUT2D eigenvalue weighted by atomic mass is 10.0. The van der Waals surface area contributed by atoms with E-state index in [4.69, 9.17) is 0 Å². The number of benzene rings is 1. The van der Waals surface area contributed by atoms with Gasteiger partial charge in [0, 0.05) is 41.5 Å². The lowest BCUT2D eigenvalue weighted by Crippen LogP contribution is -2.27. The largest absolute Gasteiger partial charge is 0.328 e. The maximum atomic E-state index is 13.3. The van der Waals surface area contributed by atoms with Gasteiger partial charge in [0.1, 0.15) is 0 Å². The molecule has 33 heavy (non-hydrogen) atoms. The van der Waals surface area contributed by atoms with Gasteiger partial charge in [0.2, 0.25) is 5.82 Å². The number of nitrogens with zero attached hydrogens (tertiary/aromatic N) is 6. The highest BCUT2D eigenvalue weighted by Gasteiger charge is 2.18. The molecule has 8 heteroatoms. The molecule has 0 saturated carbocycles. The van der Waals surface area contributed by atoms with Crippen LogP contribution in [0.2, 0.25) is 0 Å². The summed E-state index contributed by atoms with van der Waals surface area (Å²) in [5.41, 5.74) is 6.24. The van der Waals surface area contributed by atoms with E-state index in [0.29, 0.717) is 18.3 Å². The van der Waals surface area contributed by atoms with Gasteiger partial charge in [-0.15, -0.1) is 10.2 Å². The van der Waals surface area contributed by atoms with Crippen molar-refractivity contribution in [2.45, 2.75) is 60.0 Å². The molecule has 1 N–H and O–H groups in total. The Kier molecular flexibility index (Phi) is 6.82. The Hall–Kier alpha value is -3.55. The SMILES string of the molecule is CCCCc1c(C)n(CC(C)C)c(=O)n1Cc1ccc(-c2cnccc2-c2nn[nH]n2)cc1. The fourth-order valence-electron chi connectivity index (χ4n) is 4.23. The highest BCUT2D eigenvalue weighted by Crippen LogP contribution is 2.29. The predicted octanol–water partition coefficient (Wildman–Crippen LogP) is 4.25. The number of aromatic amines is 1. The summed E-state index contributed by atoms with van der Waals surface area (Å²) in [6.45, 7) is 9.87. The Labute approximate surface area is 193 Å². The number of H-pyrrole nitrogens is 1. The van der Waals surface area contributed by atoms with Crippen molar-refractivity contribution in [2.75, 3.05) is 0 Å². The van der Waals surface area contributed by atoms with Gasteiger partial charge in [-0.3, -0.25) is 14.1 Å². The highest BCUT2D eigenvalue weighted by atomic mass is 16.1. The Morgan fingerprint density at radius 2 is 1.85 bits per heavy atom. The van der Waals surface area contributed by atoms with E-state index in [-0.39, 0.29) is 5.69 Å². The summed E-state index contributed by atoms with van der Waals surface area (Å²) in [5, 5.41) is 14.4. The summed E-state index contributed by atoms with van der Waals surface area (Å²) in [5.74, 6) is 0.953. The van der Waals surface area contributed by atoms with Crippen molar-refractivity contribution in [1.82, 2.24) is 34.7 Å². The summed E-state index contributed by atoms with van der Waals surface area (Å²) in [7, 11) is 0. The number of tetrazole rings is 1. The molecule has 0 unspecified atom stereocenters. The van der Waals surface area contributed by atoms with Crippen LogP contribution in [0.4, 0.5) is 0 Å². The summed E-state index contributed by atoms with van der Waals surface area (Å²) < 4.78 is 3.90. The number of hydrogen-bond donors (Lipinski definition) is 1. The zero-order valence-electron chi connectivity index (χ0n) is 19.7. The maximum Gasteiger partial charge on any atom is 0.328 e. The van der Waals surface area contributed by atoms with Crippen LogP contribution in [0, 0.1) is 12.8 Å². The normalized spacial score (nSPS) is 11.4. The van der Waals surface area contributed by atoms with Crippen LogP contribution in [0.3, 0.4) is 0 Å². The molecule has 3 heterocycles. The van der Waals surface area contributed by atoms with E-state index >= 15 is 0 Å². The van der Waals surface area contributed by atoms with Gasteiger partial charge >= 0.3 is 5.69 Å². The minimum atomic E-state index is 0.0861. The molecule has 0 fully saturated rings. The van der Waals surface area contributed by atoms with Crippen molar-refractivity contribution in [3.8, 4) is 22.5 Å². The number of unbranched alkanes of at least 4 members (excludes halogenated alkanes) is 1. The van der Waals surface area contributed by atoms with E-state index < -0.39 is 0 Å². The van der Waals surface area contributed by atoms with Crippen molar-refractivity contribution in [3.05, 3.63) is 70.2 Å². The van der Waals surface area contributed by atoms with Crippen LogP contribution < -0.4 is 5.69 Å². The van der Waals surface area contributed by atoms with E-state index in [2.05, 4.69) is 77.6 Å². The Balaban J connectivity index is 1.65. The number of aromatic nitrogens is 7. The highest BCUT2D eigenvalue weighted by molar-refractivity contribution is 5.79. The molecule has 172 valence electrons. The molecule has 8 nitrogen and oxygen atoms in total. The van der Waals surface area contributed by atoms with Crippen LogP contribution in [-0.2, 0) is 19.5 Å². The number of rotatable bonds is 9. The fourth-order valence-corrected chi connectivity index (χ4v) is 4.23. The lowest BCUT2D eigenvalue weighted by Gasteiger charge is -2.10. The van der Waals surface area contributed by atoms with Crippen LogP contribution in [0.1, 0.15) is 50.6 Å². The first-order valence-corrected chi connectivity index (χ1v) is 11.6. The van der Waals surface area contributed by atoms with E-state index in [1.165, 1.54) is 0 Å². The van der Waals surface area contributed by atoms with Crippen molar-refractivity contribution in [3.63, 3.8) is 0 Å². The van der Waals surface area contributed by atoms with Crippen LogP contribution in [0.25, 0.3) is 22.5 Å². The van der Waals surface area contributed by atoms with Gasteiger partial charge in [-0.25, -0.2) is 4.79 Å². The van der Waals surface area contributed by atoms with Gasteiger partial charge in [0.25, 0.3) is 0 Å². The Morgan fingerprint density at radius 1 is 1.06 bits per heavy atom. The average molecular weight is 446 g/mol. The third-order valence-corrected chi connectivity index (χ3v) is 5.94. The number of hydrogen-bond acceptors (Lipinski definition) is 5. The molecule has 0 atom stereocenters. The van der Waals surface area contributed by atoms with E-state index in [1.807, 2.05) is 21.4 Å². The van der Waals surface area contributed by atoms with Gasteiger partial charge in [0.15, 0.2) is 0 Å². The molecule has 0 aliphatic heterocycles. The van der Waals surface area contributed by atoms with Gasteiger partial charge in [0.05, 0.1) is 6.54 Å². The van der Waals surface area contributed by atoms with E-state index in [1.54, 1.807) is 6.20 Å². The number of imidazole rings is 1. The van der Waals surface area contributed by atoms with Gasteiger partial charge < -0.3 is 0 Å². The Morgan fingerprint density at radius 3 is 2.52 bits per heavy atom. The first-order chi connectivity index (χ1) is 16.0. The third kappa shape index (κ3) is 4.79. The second-order valence-corrected chi connectivity index (χ2v) is 8.86. The van der Waals surface area contributed by atoms with E-state index in [0.717, 1.165) is 59.4 Å². The monoisotopic (exact) mass is 445 g/mol. The summed E-state index contributed by atoms with van der Waals surface area (Å²) in [6, 6.07) is 10.2. The standard InChI is InChI=1S/C25H31N7O/c1-5-6-7-23-18(4)31(15-17(2)3)25(33)32(23)16-19-8-10-20(11-9-19)22-14-26-13-12-21(22)24-27-29-30-28-24/h8-14,17H,5-7,15-16H2,1-4H3,(H,27,28,29,30). The van der Waals surface area contributed by atoms with Crippen molar-refractivity contribution in [1.29, 1.82) is 0 Å². The zero-order chi connectivity index (χ0) is 23.4. The van der Waals surface area contributed by atoms with Crippen LogP contribution in [-0.4, -0.2) is 34.7 Å². The second-order valence-electron chi connectivity index (χ2n) is 8.86. The second kappa shape index (κ2) is 9.94. The van der Waals surface area contributed by atoms with Crippen LogP contribution in [0.5, 0.6) is 0 Å². The Bertz CT molecular complexity index is 1250. The van der Waals surface area contributed by atoms with Crippen molar-refractivity contribution < 1.29 is 0 Å². The summed E-state index contributed by atoms with van der Waals surface area (Å²) in [4.78, 5) is 17.5. The molecule has 0 bridgehead atoms. The molecular weight excluding hydrogens is 414 g/mol. The number of nitrogens with one attached hydrogen (secondary N) is 1. The molecule has 1 aromatic carbocycles. The molecule has 0 saturated heterocycles. The van der Waals surface area contributed by atoms with Crippen molar-refractivity contribution in [2.24, 2.45) is 5.92 Å². The smallest absolute Gasteiger partial charge is 0.296 e. The average Bonchev–Trinajstić information content (AvgIpc) is 3.42. The molecule has 4 aromatic rings. The summed E-state index contributed by atoms with van der Waals surface area (Å²) in [6.07, 6.45) is 6.63. The topological polar surface area (TPSA) is 94.3 Å². The van der Waals surface area contributed by atoms with E-state index in [9.17, 15) is 4.79 Å². The molecule has 0 amide bonds. The molecule has 4 rings (SSSR count). The third-order valence-electron chi connectivity index (χ3n) is 5.94. The van der Waals surface area contributed by atoms with Crippen LogP contribution >= 0.6 is 0 Å². The summed E-state index contributed by atoms with van der Waals surface area (Å²) >= 11 is 0. The maximum absolute atomic E-state index is 13.3. The molecule has 0 aliphatic rings. The first kappa shape index (κ1) is 22.6. The predicted molar refractivity (Wildman–Crippen MR) is 129 cm³/mol. The molecule has 3 aromatic heterocycles. The molecule has 0 radical (unpaired) electrons. The molecular formula is C25H31N7O. The first-order valence-electron chi connectivity index (χ1n) is 11.6. The number of pyridine rings is 1.